The van der Waals surface area contributed by atoms with Crippen LogP contribution in [0, 0.1) is 5.92 Å². The average molecular weight is 483 g/mol. The lowest BCUT2D eigenvalue weighted by molar-refractivity contribution is -0.128. The summed E-state index contributed by atoms with van der Waals surface area (Å²) >= 11 is 0. The Kier molecular flexibility index (Phi) is 6.75. The third kappa shape index (κ3) is 5.27. The van der Waals surface area contributed by atoms with E-state index < -0.39 is 0 Å². The van der Waals surface area contributed by atoms with Crippen LogP contribution in [-0.2, 0) is 16.0 Å². The molecule has 1 N–H and O–H groups in total. The first-order valence-corrected chi connectivity index (χ1v) is 11.8. The Morgan fingerprint density at radius 2 is 1.75 bits per heavy atom. The number of aromatic nitrogens is 2. The number of hydrogen-bond acceptors (Lipinski definition) is 6. The van der Waals surface area contributed by atoms with Gasteiger partial charge >= 0.3 is 0 Å². The van der Waals surface area contributed by atoms with Gasteiger partial charge in [-0.2, -0.15) is 4.98 Å². The minimum atomic E-state index is -0.365. The summed E-state index contributed by atoms with van der Waals surface area (Å²) < 4.78 is 10.6. The van der Waals surface area contributed by atoms with Gasteiger partial charge in [0, 0.05) is 36.3 Å². The van der Waals surface area contributed by atoms with Crippen molar-refractivity contribution in [1.82, 2.24) is 15.0 Å². The van der Waals surface area contributed by atoms with Crippen LogP contribution in [0.3, 0.4) is 0 Å². The van der Waals surface area contributed by atoms with E-state index in [2.05, 4.69) is 15.5 Å². The molecule has 1 fully saturated rings. The minimum Gasteiger partial charge on any atom is -0.497 e. The minimum absolute atomic E-state index is 0.0190. The summed E-state index contributed by atoms with van der Waals surface area (Å²) in [7, 11) is 1.61. The lowest BCUT2D eigenvalue weighted by atomic mass is 10.1. The van der Waals surface area contributed by atoms with Gasteiger partial charge in [-0.15, -0.1) is 0 Å². The molecule has 1 saturated heterocycles. The molecular formula is C28H26N4O4. The van der Waals surface area contributed by atoms with E-state index in [9.17, 15) is 9.59 Å². The van der Waals surface area contributed by atoms with Gasteiger partial charge in [0.25, 0.3) is 5.89 Å². The Morgan fingerprint density at radius 1 is 1.03 bits per heavy atom. The Hall–Kier alpha value is -4.46. The van der Waals surface area contributed by atoms with Gasteiger partial charge in [-0.05, 0) is 60.5 Å². The lowest BCUT2D eigenvalue weighted by Crippen LogP contribution is -2.30. The highest BCUT2D eigenvalue weighted by molar-refractivity contribution is 5.97. The molecule has 1 aromatic heterocycles. The van der Waals surface area contributed by atoms with Gasteiger partial charge in [-0.1, -0.05) is 35.5 Å². The predicted octanol–water partition coefficient (Wildman–Crippen LogP) is 4.44. The number of anilines is 1. The van der Waals surface area contributed by atoms with Gasteiger partial charge in [0.2, 0.25) is 17.6 Å². The summed E-state index contributed by atoms with van der Waals surface area (Å²) in [5, 5.41) is 6.98. The van der Waals surface area contributed by atoms with E-state index in [0.29, 0.717) is 30.5 Å². The number of likely N-dealkylation sites (tertiary alicyclic amines) is 1. The highest BCUT2D eigenvalue weighted by Gasteiger charge is 2.34. The Balaban J connectivity index is 1.17. The van der Waals surface area contributed by atoms with Gasteiger partial charge in [0.05, 0.1) is 13.0 Å². The summed E-state index contributed by atoms with van der Waals surface area (Å²) in [6, 6.07) is 24.6. The number of benzene rings is 3. The van der Waals surface area contributed by atoms with Crippen molar-refractivity contribution >= 4 is 17.5 Å². The van der Waals surface area contributed by atoms with Crippen molar-refractivity contribution in [3.05, 3.63) is 84.4 Å². The van der Waals surface area contributed by atoms with Crippen LogP contribution in [0.1, 0.15) is 12.0 Å². The maximum absolute atomic E-state index is 12.8. The third-order valence-corrected chi connectivity index (χ3v) is 6.27. The molecule has 8 heteroatoms. The molecule has 2 heterocycles. The van der Waals surface area contributed by atoms with E-state index in [0.717, 1.165) is 23.3 Å². The van der Waals surface area contributed by atoms with Crippen molar-refractivity contribution in [2.24, 2.45) is 5.92 Å². The third-order valence-electron chi connectivity index (χ3n) is 6.27. The second kappa shape index (κ2) is 10.4. The van der Waals surface area contributed by atoms with Crippen molar-refractivity contribution in [2.45, 2.75) is 12.8 Å². The quantitative estimate of drug-likeness (QED) is 0.399. The molecule has 0 saturated carbocycles. The molecule has 0 radical (unpaired) electrons. The molecule has 0 spiro atoms. The smallest absolute Gasteiger partial charge is 0.258 e. The van der Waals surface area contributed by atoms with Gasteiger partial charge in [0.15, 0.2) is 0 Å². The van der Waals surface area contributed by atoms with Crippen LogP contribution in [0.25, 0.3) is 22.8 Å². The maximum atomic E-state index is 12.8. The number of nitrogens with one attached hydrogen (secondary N) is 1. The SMILES string of the molecule is COc1ccc(-c2noc(-c3ccc(NC(=O)[C@@H]4CC(=O)N(CCc5ccccc5)C4)cc3)n2)cc1. The van der Waals surface area contributed by atoms with E-state index >= 15 is 0 Å². The highest BCUT2D eigenvalue weighted by atomic mass is 16.5. The van der Waals surface area contributed by atoms with Gasteiger partial charge in [0.1, 0.15) is 5.75 Å². The number of nitrogens with zero attached hydrogens (tertiary/aromatic N) is 3. The second-order valence-corrected chi connectivity index (χ2v) is 8.69. The van der Waals surface area contributed by atoms with E-state index in [4.69, 9.17) is 9.26 Å². The largest absolute Gasteiger partial charge is 0.497 e. The number of ether oxygens (including phenoxy) is 1. The van der Waals surface area contributed by atoms with Gasteiger partial charge in [-0.3, -0.25) is 9.59 Å². The fourth-order valence-electron chi connectivity index (χ4n) is 4.21. The fourth-order valence-corrected chi connectivity index (χ4v) is 4.21. The summed E-state index contributed by atoms with van der Waals surface area (Å²) in [6.45, 7) is 1.05. The van der Waals surface area contributed by atoms with Crippen LogP contribution >= 0.6 is 0 Å². The molecule has 182 valence electrons. The Bertz CT molecular complexity index is 1330. The summed E-state index contributed by atoms with van der Waals surface area (Å²) in [5.74, 6) is 1.11. The van der Waals surface area contributed by atoms with Crippen molar-refractivity contribution in [3.63, 3.8) is 0 Å². The molecule has 0 bridgehead atoms. The van der Waals surface area contributed by atoms with Crippen molar-refractivity contribution < 1.29 is 18.8 Å². The van der Waals surface area contributed by atoms with E-state index in [1.807, 2.05) is 66.7 Å². The summed E-state index contributed by atoms with van der Waals surface area (Å²) in [6.07, 6.45) is 1.01. The van der Waals surface area contributed by atoms with E-state index in [1.54, 1.807) is 24.1 Å². The lowest BCUT2D eigenvalue weighted by Gasteiger charge is -2.16. The van der Waals surface area contributed by atoms with E-state index in [1.165, 1.54) is 5.56 Å². The highest BCUT2D eigenvalue weighted by Crippen LogP contribution is 2.26. The number of amides is 2. The van der Waals surface area contributed by atoms with Crippen molar-refractivity contribution in [2.75, 3.05) is 25.5 Å². The average Bonchev–Trinajstić information content (AvgIpc) is 3.56. The molecule has 1 aliphatic heterocycles. The fraction of sp³-hybridized carbons (Fsp3) is 0.214. The van der Waals surface area contributed by atoms with Crippen LogP contribution in [0.15, 0.2) is 83.4 Å². The summed E-state index contributed by atoms with van der Waals surface area (Å²) in [4.78, 5) is 31.5. The molecular weight excluding hydrogens is 456 g/mol. The van der Waals surface area contributed by atoms with Crippen LogP contribution in [0.2, 0.25) is 0 Å². The number of methoxy groups -OCH3 is 1. The molecule has 2 amide bonds. The van der Waals surface area contributed by atoms with Crippen molar-refractivity contribution in [3.8, 4) is 28.6 Å². The first kappa shape index (κ1) is 23.3. The summed E-state index contributed by atoms with van der Waals surface area (Å²) in [5.41, 5.74) is 3.38. The number of carbonyl (C=O) groups excluding carboxylic acids is 2. The Labute approximate surface area is 208 Å². The first-order chi connectivity index (χ1) is 17.6. The van der Waals surface area contributed by atoms with Crippen molar-refractivity contribution in [1.29, 1.82) is 0 Å². The zero-order chi connectivity index (χ0) is 24.9. The molecule has 36 heavy (non-hydrogen) atoms. The predicted molar refractivity (Wildman–Crippen MR) is 135 cm³/mol. The van der Waals surface area contributed by atoms with Crippen LogP contribution in [0.5, 0.6) is 5.75 Å². The Morgan fingerprint density at radius 3 is 2.47 bits per heavy atom. The molecule has 8 nitrogen and oxygen atoms in total. The number of carbonyl (C=O) groups is 2. The molecule has 1 aliphatic rings. The zero-order valence-electron chi connectivity index (χ0n) is 19.9. The number of rotatable bonds is 8. The molecule has 3 aromatic carbocycles. The van der Waals surface area contributed by atoms with Crippen LogP contribution < -0.4 is 10.1 Å². The first-order valence-electron chi connectivity index (χ1n) is 11.8. The molecule has 0 aliphatic carbocycles. The normalized spacial score (nSPS) is 15.2. The van der Waals surface area contributed by atoms with Gasteiger partial charge in [-0.25, -0.2) is 0 Å². The molecule has 4 aromatic rings. The van der Waals surface area contributed by atoms with Crippen LogP contribution in [0.4, 0.5) is 5.69 Å². The topological polar surface area (TPSA) is 97.6 Å². The van der Waals surface area contributed by atoms with E-state index in [-0.39, 0.29) is 24.2 Å². The number of hydrogen-bond donors (Lipinski definition) is 1. The van der Waals surface area contributed by atoms with Crippen LogP contribution in [-0.4, -0.2) is 47.1 Å². The standard InChI is InChI=1S/C28H26N4O4/c1-35-24-13-9-20(10-14-24)26-30-28(36-31-26)21-7-11-23(12-8-21)29-27(34)22-17-25(33)32(18-22)16-15-19-5-3-2-4-6-19/h2-14,22H,15-18H2,1H3,(H,29,34)/t22-/m1/s1. The molecule has 0 unspecified atom stereocenters. The molecule has 5 rings (SSSR count). The molecule has 1 atom stereocenters. The zero-order valence-corrected chi connectivity index (χ0v) is 19.9. The maximum Gasteiger partial charge on any atom is 0.258 e. The second-order valence-electron chi connectivity index (χ2n) is 8.69. The monoisotopic (exact) mass is 482 g/mol. The van der Waals surface area contributed by atoms with Gasteiger partial charge < -0.3 is 19.5 Å².